The third-order valence-corrected chi connectivity index (χ3v) is 3.54. The molecule has 0 radical (unpaired) electrons. The number of benzene rings is 2. The zero-order valence-electron chi connectivity index (χ0n) is 11.8. The van der Waals surface area contributed by atoms with Crippen LogP contribution in [0.4, 0.5) is 23.2 Å². The van der Waals surface area contributed by atoms with Crippen molar-refractivity contribution in [1.29, 1.82) is 0 Å². The van der Waals surface area contributed by atoms with Gasteiger partial charge in [-0.15, -0.1) is 0 Å². The lowest BCUT2D eigenvalue weighted by Crippen LogP contribution is -2.47. The first-order valence-corrected chi connectivity index (χ1v) is 6.84. The van der Waals surface area contributed by atoms with Crippen LogP contribution in [0.5, 0.6) is 0 Å². The van der Waals surface area contributed by atoms with Crippen LogP contribution in [0, 0.1) is 5.82 Å². The number of nitrogens with zero attached hydrogens (tertiary/aromatic N) is 1. The Morgan fingerprint density at radius 3 is 2.52 bits per heavy atom. The Hall–Kier alpha value is -2.57. The molecule has 23 heavy (non-hydrogen) atoms. The maximum atomic E-state index is 13.4. The van der Waals surface area contributed by atoms with Gasteiger partial charge in [-0.1, -0.05) is 24.3 Å². The van der Waals surface area contributed by atoms with E-state index in [9.17, 15) is 22.4 Å². The van der Waals surface area contributed by atoms with Gasteiger partial charge < -0.3 is 10.2 Å². The zero-order chi connectivity index (χ0) is 16.6. The summed E-state index contributed by atoms with van der Waals surface area (Å²) in [7, 11) is 0. The Labute approximate surface area is 129 Å². The van der Waals surface area contributed by atoms with Crippen molar-refractivity contribution < 1.29 is 22.4 Å². The van der Waals surface area contributed by atoms with Crippen LogP contribution in [0.1, 0.15) is 22.1 Å². The lowest BCUT2D eigenvalue weighted by Gasteiger charge is -2.38. The van der Waals surface area contributed by atoms with E-state index in [0.29, 0.717) is 10.6 Å². The van der Waals surface area contributed by atoms with Gasteiger partial charge in [0.05, 0.1) is 5.56 Å². The molecule has 2 aromatic carbocycles. The Morgan fingerprint density at radius 1 is 1.09 bits per heavy atom. The molecular formula is C16H12F4N2O. The van der Waals surface area contributed by atoms with Crippen molar-refractivity contribution in [3.8, 4) is 0 Å². The van der Waals surface area contributed by atoms with Gasteiger partial charge in [-0.25, -0.2) is 4.39 Å². The molecule has 1 aliphatic heterocycles. The van der Waals surface area contributed by atoms with Gasteiger partial charge in [0.1, 0.15) is 18.5 Å². The van der Waals surface area contributed by atoms with E-state index in [4.69, 9.17) is 0 Å². The third-order valence-electron chi connectivity index (χ3n) is 3.54. The number of para-hydroxylation sites is 1. The van der Waals surface area contributed by atoms with Crippen LogP contribution in [0.25, 0.3) is 0 Å². The Bertz CT molecular complexity index is 745. The molecule has 0 aromatic heterocycles. The largest absolute Gasteiger partial charge is 0.406 e. The second-order valence-electron chi connectivity index (χ2n) is 5.20. The van der Waals surface area contributed by atoms with Crippen LogP contribution in [0.2, 0.25) is 0 Å². The van der Waals surface area contributed by atoms with Gasteiger partial charge >= 0.3 is 6.18 Å². The lowest BCUT2D eigenvalue weighted by atomic mass is 10.0. The van der Waals surface area contributed by atoms with Crippen molar-refractivity contribution in [1.82, 2.24) is 4.90 Å². The second kappa shape index (κ2) is 5.57. The molecule has 0 saturated heterocycles. The van der Waals surface area contributed by atoms with Crippen molar-refractivity contribution in [3.63, 3.8) is 0 Å². The first kappa shape index (κ1) is 15.3. The Morgan fingerprint density at radius 2 is 1.83 bits per heavy atom. The minimum Gasteiger partial charge on any atom is -0.361 e. The van der Waals surface area contributed by atoms with Crippen LogP contribution in [0.3, 0.4) is 0 Å². The summed E-state index contributed by atoms with van der Waals surface area (Å²) in [6, 6.07) is 11.5. The summed E-state index contributed by atoms with van der Waals surface area (Å²) in [6.45, 7) is -1.42. The molecule has 0 bridgehead atoms. The molecule has 3 nitrogen and oxygen atoms in total. The van der Waals surface area contributed by atoms with Crippen LogP contribution >= 0.6 is 0 Å². The van der Waals surface area contributed by atoms with E-state index in [1.54, 1.807) is 18.2 Å². The number of hydrogen-bond acceptors (Lipinski definition) is 2. The van der Waals surface area contributed by atoms with Gasteiger partial charge in [0.25, 0.3) is 5.91 Å². The fourth-order valence-electron chi connectivity index (χ4n) is 2.59. The van der Waals surface area contributed by atoms with Crippen molar-refractivity contribution in [2.24, 2.45) is 0 Å². The monoisotopic (exact) mass is 324 g/mol. The van der Waals surface area contributed by atoms with E-state index in [0.717, 1.165) is 6.07 Å². The minimum atomic E-state index is -4.56. The molecule has 1 aliphatic rings. The maximum absolute atomic E-state index is 13.4. The molecule has 0 fully saturated rings. The number of fused-ring (bicyclic) bond motifs is 1. The molecule has 120 valence electrons. The topological polar surface area (TPSA) is 32.3 Å². The first-order chi connectivity index (χ1) is 10.8. The van der Waals surface area contributed by atoms with Gasteiger partial charge in [0, 0.05) is 5.69 Å². The molecule has 0 aliphatic carbocycles. The van der Waals surface area contributed by atoms with Crippen molar-refractivity contribution in [3.05, 3.63) is 65.5 Å². The number of carbonyl (C=O) groups excluding carboxylic acids is 1. The lowest BCUT2D eigenvalue weighted by molar-refractivity contribution is -0.144. The Kier molecular flexibility index (Phi) is 3.71. The molecule has 3 rings (SSSR count). The van der Waals surface area contributed by atoms with Crippen LogP contribution in [-0.4, -0.2) is 23.5 Å². The highest BCUT2D eigenvalue weighted by molar-refractivity contribution is 6.01. The number of amides is 1. The molecular weight excluding hydrogens is 312 g/mol. The average Bonchev–Trinajstić information content (AvgIpc) is 2.49. The molecule has 2 aromatic rings. The minimum absolute atomic E-state index is 0.157. The summed E-state index contributed by atoms with van der Waals surface area (Å²) in [4.78, 5) is 13.1. The predicted molar refractivity (Wildman–Crippen MR) is 76.3 cm³/mol. The summed E-state index contributed by atoms with van der Waals surface area (Å²) in [5.41, 5.74) is 0.826. The summed E-state index contributed by atoms with van der Waals surface area (Å²) in [6.07, 6.45) is -5.65. The van der Waals surface area contributed by atoms with E-state index in [2.05, 4.69) is 5.32 Å². The van der Waals surface area contributed by atoms with Crippen LogP contribution < -0.4 is 5.32 Å². The quantitative estimate of drug-likeness (QED) is 0.848. The SMILES string of the molecule is O=C1c2ccccc2N[C@H](c2cccc(F)c2)N1CC(F)(F)F. The van der Waals surface area contributed by atoms with Crippen molar-refractivity contribution in [2.75, 3.05) is 11.9 Å². The summed E-state index contributed by atoms with van der Waals surface area (Å²) < 4.78 is 52.0. The number of carbonyl (C=O) groups is 1. The smallest absolute Gasteiger partial charge is 0.361 e. The van der Waals surface area contributed by atoms with E-state index in [1.165, 1.54) is 24.3 Å². The number of hydrogen-bond donors (Lipinski definition) is 1. The fraction of sp³-hybridized carbons (Fsp3) is 0.188. The van der Waals surface area contributed by atoms with E-state index in [1.807, 2.05) is 0 Å². The molecule has 7 heteroatoms. The number of halogens is 4. The molecule has 0 saturated carbocycles. The van der Waals surface area contributed by atoms with Crippen molar-refractivity contribution >= 4 is 11.6 Å². The average molecular weight is 324 g/mol. The number of anilines is 1. The number of alkyl halides is 3. The van der Waals surface area contributed by atoms with Gasteiger partial charge in [0.2, 0.25) is 0 Å². The van der Waals surface area contributed by atoms with Crippen molar-refractivity contribution in [2.45, 2.75) is 12.3 Å². The maximum Gasteiger partial charge on any atom is 0.406 e. The second-order valence-corrected chi connectivity index (χ2v) is 5.20. The summed E-state index contributed by atoms with van der Waals surface area (Å²) in [5.74, 6) is -1.33. The number of nitrogens with one attached hydrogen (secondary N) is 1. The highest BCUT2D eigenvalue weighted by atomic mass is 19.4. The zero-order valence-corrected chi connectivity index (χ0v) is 11.8. The Balaban J connectivity index is 2.06. The van der Waals surface area contributed by atoms with Gasteiger partial charge in [-0.3, -0.25) is 4.79 Å². The fourth-order valence-corrected chi connectivity index (χ4v) is 2.59. The normalized spacial score (nSPS) is 17.7. The highest BCUT2D eigenvalue weighted by Gasteiger charge is 2.40. The van der Waals surface area contributed by atoms with E-state index in [-0.39, 0.29) is 11.1 Å². The summed E-state index contributed by atoms with van der Waals surface area (Å²) >= 11 is 0. The van der Waals surface area contributed by atoms with Crippen LogP contribution in [0.15, 0.2) is 48.5 Å². The third kappa shape index (κ3) is 3.13. The molecule has 0 unspecified atom stereocenters. The van der Waals surface area contributed by atoms with E-state index < -0.39 is 30.6 Å². The highest BCUT2D eigenvalue weighted by Crippen LogP contribution is 2.35. The van der Waals surface area contributed by atoms with Gasteiger partial charge in [-0.2, -0.15) is 13.2 Å². The van der Waals surface area contributed by atoms with Crippen LogP contribution in [-0.2, 0) is 0 Å². The summed E-state index contributed by atoms with van der Waals surface area (Å²) in [5, 5.41) is 2.88. The van der Waals surface area contributed by atoms with Gasteiger partial charge in [0.15, 0.2) is 0 Å². The molecule has 1 N–H and O–H groups in total. The molecule has 1 amide bonds. The first-order valence-electron chi connectivity index (χ1n) is 6.84. The molecule has 0 spiro atoms. The standard InChI is InChI=1S/C16H12F4N2O/c17-11-5-3-4-10(8-11)14-21-13-7-2-1-6-12(13)15(23)22(14)9-16(18,19)20/h1-8,14,21H,9H2/t14-/m0/s1. The molecule has 1 atom stereocenters. The molecule has 1 heterocycles. The predicted octanol–water partition coefficient (Wildman–Crippen LogP) is 3.95. The number of rotatable bonds is 2. The van der Waals surface area contributed by atoms with Gasteiger partial charge in [-0.05, 0) is 29.8 Å². The van der Waals surface area contributed by atoms with E-state index >= 15 is 0 Å².